The van der Waals surface area contributed by atoms with Crippen LogP contribution in [0.15, 0.2) is 37.2 Å². The van der Waals surface area contributed by atoms with E-state index in [0.29, 0.717) is 18.6 Å². The molecule has 1 aliphatic heterocycles. The first-order chi connectivity index (χ1) is 12.1. The lowest BCUT2D eigenvalue weighted by molar-refractivity contribution is 0.183. The molecule has 2 heterocycles. The number of aromatic nitrogens is 2. The lowest BCUT2D eigenvalue weighted by Crippen LogP contribution is -2.42. The topological polar surface area (TPSA) is 30.3 Å². The maximum Gasteiger partial charge on any atom is 0.0658 e. The van der Waals surface area contributed by atoms with E-state index in [9.17, 15) is 0 Å². The number of anilines is 1. The van der Waals surface area contributed by atoms with Crippen molar-refractivity contribution in [2.24, 2.45) is 11.8 Å². The van der Waals surface area contributed by atoms with Crippen LogP contribution in [-0.2, 0) is 11.3 Å². The van der Waals surface area contributed by atoms with E-state index in [0.717, 1.165) is 18.0 Å². The minimum atomic E-state index is 0.504. The molecule has 1 unspecified atom stereocenters. The van der Waals surface area contributed by atoms with Crippen molar-refractivity contribution >= 4 is 11.3 Å². The normalized spacial score (nSPS) is 23.0. The van der Waals surface area contributed by atoms with E-state index in [1.165, 1.54) is 35.2 Å². The second-order valence-corrected chi connectivity index (χ2v) is 7.47. The molecule has 0 saturated heterocycles. The average molecular weight is 337 g/mol. The van der Waals surface area contributed by atoms with Crippen molar-refractivity contribution in [3.63, 3.8) is 0 Å². The summed E-state index contributed by atoms with van der Waals surface area (Å²) in [6.07, 6.45) is 6.75. The largest absolute Gasteiger partial charge is 0.383 e. The van der Waals surface area contributed by atoms with E-state index in [4.69, 9.17) is 4.74 Å². The molecule has 2 aromatic rings. The van der Waals surface area contributed by atoms with Gasteiger partial charge in [0.2, 0.25) is 0 Å². The molecule has 0 amide bonds. The van der Waals surface area contributed by atoms with Crippen LogP contribution in [-0.4, -0.2) is 36.6 Å². The Morgan fingerprint density at radius 1 is 1.28 bits per heavy atom. The van der Waals surface area contributed by atoms with Gasteiger partial charge in [-0.15, -0.1) is 0 Å². The molecule has 4 rings (SSSR count). The molecule has 25 heavy (non-hydrogen) atoms. The van der Waals surface area contributed by atoms with E-state index in [1.54, 1.807) is 7.11 Å². The Morgan fingerprint density at radius 2 is 2.08 bits per heavy atom. The van der Waals surface area contributed by atoms with E-state index in [-0.39, 0.29) is 0 Å². The number of hydrogen-bond acceptors (Lipinski definition) is 3. The van der Waals surface area contributed by atoms with Crippen LogP contribution in [0, 0.1) is 11.8 Å². The van der Waals surface area contributed by atoms with Gasteiger partial charge >= 0.3 is 0 Å². The van der Waals surface area contributed by atoms with Crippen LogP contribution in [0.25, 0.3) is 16.7 Å². The van der Waals surface area contributed by atoms with Gasteiger partial charge in [-0.25, -0.2) is 0 Å². The third kappa shape index (κ3) is 2.89. The molecule has 0 bridgehead atoms. The van der Waals surface area contributed by atoms with Crippen LogP contribution in [0.4, 0.5) is 5.69 Å². The Morgan fingerprint density at radius 3 is 2.80 bits per heavy atom. The van der Waals surface area contributed by atoms with Crippen LogP contribution >= 0.6 is 0 Å². The average Bonchev–Trinajstić information content (AvgIpc) is 3.34. The van der Waals surface area contributed by atoms with Gasteiger partial charge in [-0.05, 0) is 42.0 Å². The number of methoxy groups -OCH3 is 1. The maximum absolute atomic E-state index is 5.13. The Hall–Kier alpha value is -2.07. The zero-order chi connectivity index (χ0) is 17.6. The summed E-state index contributed by atoms with van der Waals surface area (Å²) in [6.45, 7) is 8.23. The van der Waals surface area contributed by atoms with Crippen LogP contribution in [0.3, 0.4) is 0 Å². The first-order valence-electron chi connectivity index (χ1n) is 9.18. The highest BCUT2D eigenvalue weighted by atomic mass is 16.5. The van der Waals surface area contributed by atoms with Gasteiger partial charge in [0.25, 0.3) is 0 Å². The second-order valence-electron chi connectivity index (χ2n) is 7.47. The first-order valence-corrected chi connectivity index (χ1v) is 9.18. The molecule has 0 N–H and O–H groups in total. The number of nitrogens with zero attached hydrogens (tertiary/aromatic N) is 3. The number of hydrogen-bond donors (Lipinski definition) is 0. The summed E-state index contributed by atoms with van der Waals surface area (Å²) in [5, 5.41) is 4.44. The predicted octanol–water partition coefficient (Wildman–Crippen LogP) is 4.07. The van der Waals surface area contributed by atoms with Crippen LogP contribution in [0.5, 0.6) is 0 Å². The monoisotopic (exact) mass is 337 g/mol. The number of ether oxygens (including phenoxy) is 1. The summed E-state index contributed by atoms with van der Waals surface area (Å²) in [5.74, 6) is 1.34. The molecule has 1 aromatic carbocycles. The van der Waals surface area contributed by atoms with Gasteiger partial charge in [0, 0.05) is 49.1 Å². The van der Waals surface area contributed by atoms with Crippen molar-refractivity contribution in [3.8, 4) is 11.1 Å². The summed E-state index contributed by atoms with van der Waals surface area (Å²) in [6, 6.07) is 7.34. The molecule has 0 spiro atoms. The molecule has 0 radical (unpaired) electrons. The lowest BCUT2D eigenvalue weighted by Gasteiger charge is -2.42. The van der Waals surface area contributed by atoms with Crippen molar-refractivity contribution < 1.29 is 4.74 Å². The molecule has 1 saturated carbocycles. The molecule has 1 fully saturated rings. The van der Waals surface area contributed by atoms with E-state index >= 15 is 0 Å². The van der Waals surface area contributed by atoms with Crippen molar-refractivity contribution in [1.82, 2.24) is 9.78 Å². The van der Waals surface area contributed by atoms with Gasteiger partial charge in [0.1, 0.15) is 0 Å². The Bertz CT molecular complexity index is 790. The highest BCUT2D eigenvalue weighted by Crippen LogP contribution is 2.48. The fraction of sp³-hybridized carbons (Fsp3) is 0.476. The summed E-state index contributed by atoms with van der Waals surface area (Å²) in [4.78, 5) is 2.48. The predicted molar refractivity (Wildman–Crippen MR) is 103 cm³/mol. The molecular formula is C21H27N3O. The summed E-state index contributed by atoms with van der Waals surface area (Å²) < 4.78 is 7.06. The van der Waals surface area contributed by atoms with Crippen LogP contribution < -0.4 is 4.90 Å². The molecular weight excluding hydrogens is 310 g/mol. The molecule has 2 aliphatic rings. The highest BCUT2D eigenvalue weighted by Gasteiger charge is 2.42. The van der Waals surface area contributed by atoms with Crippen LogP contribution in [0.1, 0.15) is 25.3 Å². The van der Waals surface area contributed by atoms with Gasteiger partial charge in [-0.3, -0.25) is 4.68 Å². The van der Waals surface area contributed by atoms with Crippen molar-refractivity contribution in [1.29, 1.82) is 0 Å². The fourth-order valence-electron chi connectivity index (χ4n) is 4.21. The molecule has 4 nitrogen and oxygen atoms in total. The zero-order valence-corrected chi connectivity index (χ0v) is 15.4. The van der Waals surface area contributed by atoms with Gasteiger partial charge in [0.05, 0.1) is 19.3 Å². The summed E-state index contributed by atoms with van der Waals surface area (Å²) >= 11 is 0. The minimum absolute atomic E-state index is 0.504. The zero-order valence-electron chi connectivity index (χ0n) is 15.4. The Labute approximate surface area is 150 Å². The lowest BCUT2D eigenvalue weighted by atomic mass is 9.80. The van der Waals surface area contributed by atoms with Gasteiger partial charge in [-0.2, -0.15) is 5.10 Å². The SMILES string of the molecule is C=C1c2cc(-c3cnn(CCOC)c3)ccc2N(C)C(C2CC2)[C@H]1C. The van der Waals surface area contributed by atoms with Crippen molar-refractivity contribution in [2.45, 2.75) is 32.4 Å². The number of rotatable bonds is 5. The van der Waals surface area contributed by atoms with Crippen molar-refractivity contribution in [3.05, 3.63) is 42.7 Å². The third-order valence-electron chi connectivity index (χ3n) is 5.83. The smallest absolute Gasteiger partial charge is 0.0658 e. The Kier molecular flexibility index (Phi) is 4.16. The molecule has 4 heteroatoms. The third-order valence-corrected chi connectivity index (χ3v) is 5.83. The van der Waals surface area contributed by atoms with E-state index < -0.39 is 0 Å². The Balaban J connectivity index is 1.66. The van der Waals surface area contributed by atoms with Gasteiger partial charge in [-0.1, -0.05) is 19.6 Å². The molecule has 1 aliphatic carbocycles. The van der Waals surface area contributed by atoms with Crippen molar-refractivity contribution in [2.75, 3.05) is 25.7 Å². The standard InChI is InChI=1S/C21H27N3O/c1-14-15(2)21(16-5-6-16)23(3)20-8-7-17(11-19(14)20)18-12-22-24(13-18)9-10-25-4/h7-8,11-13,15-16,21H,1,5-6,9-10H2,2-4H3/t15-,21?/m0/s1. The molecule has 2 atom stereocenters. The number of benzene rings is 1. The van der Waals surface area contributed by atoms with E-state index in [1.807, 2.05) is 10.9 Å². The molecule has 1 aromatic heterocycles. The quantitative estimate of drug-likeness (QED) is 0.824. The summed E-state index contributed by atoms with van der Waals surface area (Å²) in [5.41, 5.74) is 6.23. The maximum atomic E-state index is 5.13. The van der Waals surface area contributed by atoms with Gasteiger partial charge < -0.3 is 9.64 Å². The minimum Gasteiger partial charge on any atom is -0.383 e. The molecule has 132 valence electrons. The first kappa shape index (κ1) is 16.4. The van der Waals surface area contributed by atoms with Crippen LogP contribution in [0.2, 0.25) is 0 Å². The van der Waals surface area contributed by atoms with E-state index in [2.05, 4.69) is 54.9 Å². The van der Waals surface area contributed by atoms with Gasteiger partial charge in [0.15, 0.2) is 0 Å². The number of fused-ring (bicyclic) bond motifs is 1. The fourth-order valence-corrected chi connectivity index (χ4v) is 4.21. The summed E-state index contributed by atoms with van der Waals surface area (Å²) in [7, 11) is 3.96. The highest BCUT2D eigenvalue weighted by molar-refractivity contribution is 5.84. The second kappa shape index (κ2) is 6.34.